The van der Waals surface area contributed by atoms with Crippen LogP contribution in [0.1, 0.15) is 24.3 Å². The van der Waals surface area contributed by atoms with Crippen LogP contribution in [0.15, 0.2) is 24.3 Å². The molecule has 1 aromatic rings. The Morgan fingerprint density at radius 1 is 1.12 bits per heavy atom. The van der Waals surface area contributed by atoms with Crippen LogP contribution in [0.25, 0.3) is 0 Å². The summed E-state index contributed by atoms with van der Waals surface area (Å²) >= 11 is 0. The summed E-state index contributed by atoms with van der Waals surface area (Å²) in [5.74, 6) is 0.653. The summed E-state index contributed by atoms with van der Waals surface area (Å²) in [7, 11) is 1.40. The summed E-state index contributed by atoms with van der Waals surface area (Å²) in [5.41, 5.74) is 6.56. The number of urea groups is 1. The van der Waals surface area contributed by atoms with Gasteiger partial charge in [0.1, 0.15) is 0 Å². The quantitative estimate of drug-likeness (QED) is 0.696. The van der Waals surface area contributed by atoms with Gasteiger partial charge in [0, 0.05) is 31.9 Å². The Morgan fingerprint density at radius 2 is 1.73 bits per heavy atom. The van der Waals surface area contributed by atoms with Gasteiger partial charge >= 0.3 is 12.2 Å². The van der Waals surface area contributed by atoms with Crippen LogP contribution in [0.2, 0.25) is 0 Å². The molecule has 1 saturated heterocycles. The van der Waals surface area contributed by atoms with E-state index in [0.717, 1.165) is 0 Å². The van der Waals surface area contributed by atoms with E-state index in [-0.39, 0.29) is 32.2 Å². The molecule has 1 aliphatic heterocycles. The lowest BCUT2D eigenvalue weighted by Crippen LogP contribution is -2.63. The molecule has 1 heterocycles. The number of hydrogen-bond donors (Lipinski definition) is 3. The molecule has 1 saturated carbocycles. The maximum Gasteiger partial charge on any atom is 0.418 e. The number of carbonyl (C=O) groups excluding carboxylic acids is 1. The molecule has 1 unspecified atom stereocenters. The third-order valence-electron chi connectivity index (χ3n) is 4.77. The van der Waals surface area contributed by atoms with Gasteiger partial charge in [-0.1, -0.05) is 12.1 Å². The van der Waals surface area contributed by atoms with E-state index < -0.39 is 12.3 Å². The molecule has 3 N–H and O–H groups in total. The lowest BCUT2D eigenvalue weighted by atomic mass is 10.1. The van der Waals surface area contributed by atoms with Gasteiger partial charge in [0.2, 0.25) is 0 Å². The van der Waals surface area contributed by atoms with Gasteiger partial charge in [0.15, 0.2) is 6.17 Å². The van der Waals surface area contributed by atoms with Gasteiger partial charge in [-0.25, -0.2) is 10.2 Å². The molecule has 26 heavy (non-hydrogen) atoms. The molecule has 1 aromatic carbocycles. The molecule has 3 rings (SSSR count). The zero-order valence-corrected chi connectivity index (χ0v) is 14.6. The summed E-state index contributed by atoms with van der Waals surface area (Å²) in [6.07, 6.45) is -3.72. The van der Waals surface area contributed by atoms with Crippen LogP contribution in [0.3, 0.4) is 0 Å². The van der Waals surface area contributed by atoms with E-state index >= 15 is 0 Å². The number of nitrogens with zero attached hydrogens (tertiary/aromatic N) is 2. The van der Waals surface area contributed by atoms with Crippen LogP contribution in [-0.4, -0.2) is 61.4 Å². The fourth-order valence-corrected chi connectivity index (χ4v) is 3.16. The van der Waals surface area contributed by atoms with Crippen molar-refractivity contribution < 1.29 is 18.0 Å². The number of benzene rings is 1. The zero-order valence-electron chi connectivity index (χ0n) is 14.6. The third kappa shape index (κ3) is 4.66. The monoisotopic (exact) mass is 371 g/mol. The summed E-state index contributed by atoms with van der Waals surface area (Å²) < 4.78 is 39.3. The van der Waals surface area contributed by atoms with Crippen molar-refractivity contribution >= 4 is 11.7 Å². The Hall–Kier alpha value is -1.84. The van der Waals surface area contributed by atoms with Crippen LogP contribution in [-0.2, 0) is 0 Å². The number of halogens is 3. The number of carbonyl (C=O) groups is 1. The van der Waals surface area contributed by atoms with Crippen molar-refractivity contribution in [3.8, 4) is 0 Å². The SMILES string of the molecule is CNNC(N1CCN(C(=O)Nc2ccc(C3CC3)cc2)CC1)C(F)(F)F. The summed E-state index contributed by atoms with van der Waals surface area (Å²) in [6.45, 7) is 0.772. The fourth-order valence-electron chi connectivity index (χ4n) is 3.16. The van der Waals surface area contributed by atoms with Gasteiger partial charge in [0.05, 0.1) is 0 Å². The van der Waals surface area contributed by atoms with E-state index in [1.165, 1.54) is 35.3 Å². The number of alkyl halides is 3. The third-order valence-corrected chi connectivity index (χ3v) is 4.77. The molecule has 6 nitrogen and oxygen atoms in total. The Labute approximate surface area is 150 Å². The lowest BCUT2D eigenvalue weighted by molar-refractivity contribution is -0.198. The predicted octanol–water partition coefficient (Wildman–Crippen LogP) is 2.33. The van der Waals surface area contributed by atoms with Crippen LogP contribution in [0.4, 0.5) is 23.7 Å². The Bertz CT molecular complexity index is 610. The van der Waals surface area contributed by atoms with Crippen LogP contribution >= 0.6 is 0 Å². The second kappa shape index (κ2) is 7.81. The summed E-state index contributed by atoms with van der Waals surface area (Å²) in [6, 6.07) is 7.50. The molecule has 2 fully saturated rings. The van der Waals surface area contributed by atoms with Gasteiger partial charge in [-0.05, 0) is 43.5 Å². The average molecular weight is 371 g/mol. The van der Waals surface area contributed by atoms with Crippen LogP contribution in [0, 0.1) is 0 Å². The molecular formula is C17H24F3N5O. The van der Waals surface area contributed by atoms with Gasteiger partial charge < -0.3 is 10.2 Å². The summed E-state index contributed by atoms with van der Waals surface area (Å²) in [5, 5.41) is 2.82. The average Bonchev–Trinajstić information content (AvgIpc) is 3.44. The first-order valence-electron chi connectivity index (χ1n) is 8.77. The molecule has 2 amide bonds. The molecular weight excluding hydrogens is 347 g/mol. The number of hydrogen-bond acceptors (Lipinski definition) is 4. The number of amides is 2. The number of anilines is 1. The molecule has 144 valence electrons. The minimum atomic E-state index is -4.39. The number of hydrazine groups is 1. The van der Waals surface area contributed by atoms with Crippen molar-refractivity contribution in [1.29, 1.82) is 0 Å². The van der Waals surface area contributed by atoms with E-state index in [2.05, 4.69) is 16.2 Å². The van der Waals surface area contributed by atoms with Crippen molar-refractivity contribution in [3.05, 3.63) is 29.8 Å². The summed E-state index contributed by atoms with van der Waals surface area (Å²) in [4.78, 5) is 15.2. The maximum atomic E-state index is 13.1. The van der Waals surface area contributed by atoms with E-state index in [1.807, 2.05) is 24.3 Å². The largest absolute Gasteiger partial charge is 0.418 e. The molecule has 1 aliphatic carbocycles. The second-order valence-electron chi connectivity index (χ2n) is 6.69. The highest BCUT2D eigenvalue weighted by Crippen LogP contribution is 2.40. The minimum Gasteiger partial charge on any atom is -0.322 e. The topological polar surface area (TPSA) is 59.6 Å². The standard InChI is InChI=1S/C17H24F3N5O/c1-21-23-15(17(18,19)20)24-8-10-25(11-9-24)16(26)22-14-6-4-13(5-7-14)12-2-3-12/h4-7,12,15,21,23H,2-3,8-11H2,1H3,(H,22,26). The van der Waals surface area contributed by atoms with E-state index in [4.69, 9.17) is 0 Å². The van der Waals surface area contributed by atoms with Crippen molar-refractivity contribution in [3.63, 3.8) is 0 Å². The first-order valence-corrected chi connectivity index (χ1v) is 8.77. The predicted molar refractivity (Wildman–Crippen MR) is 92.6 cm³/mol. The zero-order chi connectivity index (χ0) is 18.7. The molecule has 1 atom stereocenters. The van der Waals surface area contributed by atoms with Crippen molar-refractivity contribution in [2.75, 3.05) is 38.5 Å². The Morgan fingerprint density at radius 3 is 2.23 bits per heavy atom. The van der Waals surface area contributed by atoms with E-state index in [1.54, 1.807) is 0 Å². The highest BCUT2D eigenvalue weighted by atomic mass is 19.4. The Balaban J connectivity index is 1.51. The number of rotatable bonds is 5. The van der Waals surface area contributed by atoms with Crippen molar-refractivity contribution in [1.82, 2.24) is 20.7 Å². The van der Waals surface area contributed by atoms with Gasteiger partial charge in [-0.2, -0.15) is 13.2 Å². The molecule has 2 aliphatic rings. The molecule has 9 heteroatoms. The molecule has 0 radical (unpaired) electrons. The van der Waals surface area contributed by atoms with E-state index in [0.29, 0.717) is 11.6 Å². The molecule has 0 bridgehead atoms. The Kier molecular flexibility index (Phi) is 5.69. The smallest absolute Gasteiger partial charge is 0.322 e. The first-order chi connectivity index (χ1) is 12.4. The second-order valence-corrected chi connectivity index (χ2v) is 6.69. The van der Waals surface area contributed by atoms with Gasteiger partial charge in [0.25, 0.3) is 0 Å². The molecule has 0 aromatic heterocycles. The maximum absolute atomic E-state index is 13.1. The van der Waals surface area contributed by atoms with Crippen LogP contribution < -0.4 is 16.2 Å². The minimum absolute atomic E-state index is 0.146. The van der Waals surface area contributed by atoms with E-state index in [9.17, 15) is 18.0 Å². The van der Waals surface area contributed by atoms with Crippen molar-refractivity contribution in [2.24, 2.45) is 0 Å². The van der Waals surface area contributed by atoms with Gasteiger partial charge in [-0.15, -0.1) is 0 Å². The number of piperazine rings is 1. The number of nitrogens with one attached hydrogen (secondary N) is 3. The molecule has 0 spiro atoms. The van der Waals surface area contributed by atoms with Crippen molar-refractivity contribution in [2.45, 2.75) is 31.1 Å². The lowest BCUT2D eigenvalue weighted by Gasteiger charge is -2.39. The normalized spacial score (nSPS) is 20.1. The highest BCUT2D eigenvalue weighted by molar-refractivity contribution is 5.89. The first kappa shape index (κ1) is 18.9. The van der Waals surface area contributed by atoms with Gasteiger partial charge in [-0.3, -0.25) is 10.3 Å². The fraction of sp³-hybridized carbons (Fsp3) is 0.588. The highest BCUT2D eigenvalue weighted by Gasteiger charge is 2.44. The van der Waals surface area contributed by atoms with Crippen LogP contribution in [0.5, 0.6) is 0 Å².